The zero-order valence-corrected chi connectivity index (χ0v) is 10.2. The molecule has 1 amide bonds. The molecular formula is C11H13ClN2O3. The van der Waals surface area contributed by atoms with E-state index in [2.05, 4.69) is 15.0 Å². The maximum Gasteiger partial charge on any atom is 0.339 e. The third-order valence-electron chi connectivity index (χ3n) is 1.99. The molecular weight excluding hydrogens is 244 g/mol. The van der Waals surface area contributed by atoms with Crippen LogP contribution < -0.4 is 5.32 Å². The summed E-state index contributed by atoms with van der Waals surface area (Å²) >= 11 is 5.47. The lowest BCUT2D eigenvalue weighted by Crippen LogP contribution is -2.12. The van der Waals surface area contributed by atoms with Crippen LogP contribution >= 0.6 is 11.6 Å². The Bertz CT molecular complexity index is 392. The number of ether oxygens (including phenoxy) is 1. The van der Waals surface area contributed by atoms with Crippen LogP contribution in [0.2, 0.25) is 0 Å². The fourth-order valence-electron chi connectivity index (χ4n) is 1.14. The van der Waals surface area contributed by atoms with Crippen LogP contribution in [-0.4, -0.2) is 29.9 Å². The number of amides is 1. The number of hydrogen-bond acceptors (Lipinski definition) is 4. The van der Waals surface area contributed by atoms with Crippen LogP contribution in [-0.2, 0) is 9.53 Å². The molecule has 0 aliphatic heterocycles. The van der Waals surface area contributed by atoms with Gasteiger partial charge in [0.15, 0.2) is 0 Å². The average molecular weight is 257 g/mol. The van der Waals surface area contributed by atoms with Crippen LogP contribution in [0, 0.1) is 0 Å². The van der Waals surface area contributed by atoms with Crippen LogP contribution in [0.4, 0.5) is 5.82 Å². The average Bonchev–Trinajstić information content (AvgIpc) is 2.36. The van der Waals surface area contributed by atoms with Crippen molar-refractivity contribution in [1.82, 2.24) is 4.98 Å². The van der Waals surface area contributed by atoms with Crippen LogP contribution in [0.5, 0.6) is 0 Å². The second-order valence-corrected chi connectivity index (χ2v) is 3.64. The van der Waals surface area contributed by atoms with E-state index in [1.165, 1.54) is 19.4 Å². The predicted molar refractivity (Wildman–Crippen MR) is 64.2 cm³/mol. The van der Waals surface area contributed by atoms with Gasteiger partial charge in [0.2, 0.25) is 5.91 Å². The number of aromatic nitrogens is 1. The summed E-state index contributed by atoms with van der Waals surface area (Å²) in [5, 5.41) is 2.60. The normalized spacial score (nSPS) is 9.76. The summed E-state index contributed by atoms with van der Waals surface area (Å²) in [6, 6.07) is 3.08. The van der Waals surface area contributed by atoms with Crippen molar-refractivity contribution in [3.8, 4) is 0 Å². The highest BCUT2D eigenvalue weighted by Crippen LogP contribution is 2.07. The quantitative estimate of drug-likeness (QED) is 0.645. The van der Waals surface area contributed by atoms with Gasteiger partial charge in [0, 0.05) is 18.5 Å². The fourth-order valence-corrected chi connectivity index (χ4v) is 1.27. The highest BCUT2D eigenvalue weighted by atomic mass is 35.5. The molecule has 0 fully saturated rings. The van der Waals surface area contributed by atoms with E-state index in [4.69, 9.17) is 11.6 Å². The number of rotatable bonds is 5. The number of carbonyl (C=O) groups is 2. The first-order chi connectivity index (χ1) is 8.17. The highest BCUT2D eigenvalue weighted by Gasteiger charge is 2.07. The highest BCUT2D eigenvalue weighted by molar-refractivity contribution is 6.18. The molecule has 0 saturated carbocycles. The molecule has 0 bridgehead atoms. The van der Waals surface area contributed by atoms with Crippen molar-refractivity contribution < 1.29 is 14.3 Å². The second kappa shape index (κ2) is 6.85. The summed E-state index contributed by atoms with van der Waals surface area (Å²) < 4.78 is 4.53. The molecule has 1 rings (SSSR count). The molecule has 0 spiro atoms. The summed E-state index contributed by atoms with van der Waals surface area (Å²) in [5.74, 6) is 0.237. The number of esters is 1. The largest absolute Gasteiger partial charge is 0.465 e. The molecule has 0 atom stereocenters. The minimum atomic E-state index is -0.461. The molecule has 0 aliphatic carbocycles. The van der Waals surface area contributed by atoms with Gasteiger partial charge in [-0.05, 0) is 18.6 Å². The number of pyridine rings is 1. The third kappa shape index (κ3) is 4.40. The first kappa shape index (κ1) is 13.4. The van der Waals surface area contributed by atoms with Crippen molar-refractivity contribution in [3.05, 3.63) is 23.9 Å². The number of halogens is 1. The lowest BCUT2D eigenvalue weighted by atomic mass is 10.3. The van der Waals surface area contributed by atoms with E-state index in [1.807, 2.05) is 0 Å². The number of methoxy groups -OCH3 is 1. The molecule has 17 heavy (non-hydrogen) atoms. The minimum absolute atomic E-state index is 0.149. The zero-order chi connectivity index (χ0) is 12.7. The van der Waals surface area contributed by atoms with Crippen molar-refractivity contribution >= 4 is 29.3 Å². The molecule has 1 heterocycles. The van der Waals surface area contributed by atoms with Gasteiger partial charge < -0.3 is 10.1 Å². The lowest BCUT2D eigenvalue weighted by molar-refractivity contribution is -0.116. The predicted octanol–water partition coefficient (Wildman–Crippen LogP) is 1.83. The molecule has 1 aromatic heterocycles. The lowest BCUT2D eigenvalue weighted by Gasteiger charge is -2.04. The SMILES string of the molecule is COC(=O)c1ccc(NC(=O)CCCCl)nc1. The summed E-state index contributed by atoms with van der Waals surface area (Å²) in [6.45, 7) is 0. The monoisotopic (exact) mass is 256 g/mol. The Morgan fingerprint density at radius 3 is 2.76 bits per heavy atom. The van der Waals surface area contributed by atoms with Crippen LogP contribution in [0.1, 0.15) is 23.2 Å². The minimum Gasteiger partial charge on any atom is -0.465 e. The van der Waals surface area contributed by atoms with Gasteiger partial charge in [-0.15, -0.1) is 11.6 Å². The van der Waals surface area contributed by atoms with Gasteiger partial charge >= 0.3 is 5.97 Å². The molecule has 0 saturated heterocycles. The number of carbonyl (C=O) groups excluding carboxylic acids is 2. The molecule has 6 heteroatoms. The van der Waals surface area contributed by atoms with Gasteiger partial charge in [-0.3, -0.25) is 4.79 Å². The summed E-state index contributed by atoms with van der Waals surface area (Å²) in [4.78, 5) is 26.4. The molecule has 0 aromatic carbocycles. The van der Waals surface area contributed by atoms with Crippen LogP contribution in [0.3, 0.4) is 0 Å². The molecule has 0 unspecified atom stereocenters. The second-order valence-electron chi connectivity index (χ2n) is 3.26. The van der Waals surface area contributed by atoms with Crippen molar-refractivity contribution in [1.29, 1.82) is 0 Å². The van der Waals surface area contributed by atoms with Crippen molar-refractivity contribution in [2.24, 2.45) is 0 Å². The van der Waals surface area contributed by atoms with Crippen LogP contribution in [0.25, 0.3) is 0 Å². The smallest absolute Gasteiger partial charge is 0.339 e. The molecule has 1 N–H and O–H groups in total. The Hall–Kier alpha value is -1.62. The summed E-state index contributed by atoms with van der Waals surface area (Å²) in [7, 11) is 1.30. The first-order valence-electron chi connectivity index (χ1n) is 5.07. The number of anilines is 1. The van der Waals surface area contributed by atoms with Crippen LogP contribution in [0.15, 0.2) is 18.3 Å². The van der Waals surface area contributed by atoms with E-state index in [0.717, 1.165) is 0 Å². The standard InChI is InChI=1S/C11H13ClN2O3/c1-17-11(16)8-4-5-9(13-7-8)14-10(15)3-2-6-12/h4-5,7H,2-3,6H2,1H3,(H,13,14,15). The van der Waals surface area contributed by atoms with E-state index in [9.17, 15) is 9.59 Å². The Kier molecular flexibility index (Phi) is 5.42. The Balaban J connectivity index is 2.56. The van der Waals surface area contributed by atoms with E-state index in [0.29, 0.717) is 30.1 Å². The molecule has 0 aliphatic rings. The maximum absolute atomic E-state index is 11.3. The van der Waals surface area contributed by atoms with E-state index >= 15 is 0 Å². The summed E-state index contributed by atoms with van der Waals surface area (Å²) in [6.07, 6.45) is 2.32. The van der Waals surface area contributed by atoms with Gasteiger partial charge in [0.1, 0.15) is 5.82 Å². The first-order valence-corrected chi connectivity index (χ1v) is 5.61. The van der Waals surface area contributed by atoms with E-state index < -0.39 is 5.97 Å². The Morgan fingerprint density at radius 2 is 2.24 bits per heavy atom. The van der Waals surface area contributed by atoms with E-state index in [-0.39, 0.29) is 5.91 Å². The zero-order valence-electron chi connectivity index (χ0n) is 9.40. The van der Waals surface area contributed by atoms with Gasteiger partial charge in [-0.25, -0.2) is 9.78 Å². The topological polar surface area (TPSA) is 68.3 Å². The van der Waals surface area contributed by atoms with Gasteiger partial charge in [-0.1, -0.05) is 0 Å². The van der Waals surface area contributed by atoms with Crippen molar-refractivity contribution in [2.75, 3.05) is 18.3 Å². The van der Waals surface area contributed by atoms with E-state index in [1.54, 1.807) is 6.07 Å². The maximum atomic E-state index is 11.3. The van der Waals surface area contributed by atoms with Gasteiger partial charge in [0.25, 0.3) is 0 Å². The Labute approximate surface area is 104 Å². The third-order valence-corrected chi connectivity index (χ3v) is 2.26. The number of hydrogen-bond donors (Lipinski definition) is 1. The number of nitrogens with one attached hydrogen (secondary N) is 1. The Morgan fingerprint density at radius 1 is 1.47 bits per heavy atom. The number of nitrogens with zero attached hydrogens (tertiary/aromatic N) is 1. The van der Waals surface area contributed by atoms with Gasteiger partial charge in [0.05, 0.1) is 12.7 Å². The molecule has 1 aromatic rings. The molecule has 0 radical (unpaired) electrons. The molecule has 5 nitrogen and oxygen atoms in total. The fraction of sp³-hybridized carbons (Fsp3) is 0.364. The summed E-state index contributed by atoms with van der Waals surface area (Å²) in [5.41, 5.74) is 0.339. The molecule has 92 valence electrons. The van der Waals surface area contributed by atoms with Crippen molar-refractivity contribution in [3.63, 3.8) is 0 Å². The number of alkyl halides is 1. The van der Waals surface area contributed by atoms with Gasteiger partial charge in [-0.2, -0.15) is 0 Å². The van der Waals surface area contributed by atoms with Crippen molar-refractivity contribution in [2.45, 2.75) is 12.8 Å².